The number of hydrogen-bond acceptors (Lipinski definition) is 5. The summed E-state index contributed by atoms with van der Waals surface area (Å²) in [5, 5.41) is 13.9. The summed E-state index contributed by atoms with van der Waals surface area (Å²) in [4.78, 5) is 21.0. The van der Waals surface area contributed by atoms with E-state index in [-0.39, 0.29) is 5.69 Å². The van der Waals surface area contributed by atoms with E-state index in [9.17, 15) is 14.9 Å². The average molecular weight is 271 g/mol. The predicted molar refractivity (Wildman–Crippen MR) is 76.7 cm³/mol. The molecule has 6 heteroatoms. The number of nitro groups is 1. The maximum atomic E-state index is 10.9. The van der Waals surface area contributed by atoms with E-state index in [0.29, 0.717) is 23.5 Å². The van der Waals surface area contributed by atoms with Gasteiger partial charge in [-0.25, -0.2) is 0 Å². The molecule has 0 aliphatic carbocycles. The zero-order valence-corrected chi connectivity index (χ0v) is 10.6. The summed E-state index contributed by atoms with van der Waals surface area (Å²) in [6.45, 7) is 0.421. The number of anilines is 2. The number of nitrogens with two attached hydrogens (primary N) is 1. The van der Waals surface area contributed by atoms with Crippen LogP contribution in [0.25, 0.3) is 0 Å². The van der Waals surface area contributed by atoms with Crippen LogP contribution in [0.1, 0.15) is 15.9 Å². The van der Waals surface area contributed by atoms with Gasteiger partial charge in [0.25, 0.3) is 5.69 Å². The van der Waals surface area contributed by atoms with Gasteiger partial charge in [-0.05, 0) is 17.7 Å². The van der Waals surface area contributed by atoms with Crippen molar-refractivity contribution >= 4 is 23.3 Å². The Morgan fingerprint density at radius 3 is 2.50 bits per heavy atom. The van der Waals surface area contributed by atoms with Crippen LogP contribution in [0.15, 0.2) is 42.5 Å². The molecule has 0 fully saturated rings. The second kappa shape index (κ2) is 5.83. The summed E-state index contributed by atoms with van der Waals surface area (Å²) in [6, 6.07) is 11.5. The second-order valence-electron chi connectivity index (χ2n) is 4.25. The SMILES string of the molecule is Nc1ccc(NCc2ccc(C=O)cc2)c([N+](=O)[O-])c1. The Morgan fingerprint density at radius 2 is 1.90 bits per heavy atom. The lowest BCUT2D eigenvalue weighted by atomic mass is 10.1. The van der Waals surface area contributed by atoms with Gasteiger partial charge in [0.1, 0.15) is 12.0 Å². The molecule has 2 aromatic carbocycles. The Bertz CT molecular complexity index is 639. The largest absolute Gasteiger partial charge is 0.399 e. The predicted octanol–water partition coefficient (Wildman–Crippen LogP) is 2.60. The van der Waals surface area contributed by atoms with E-state index < -0.39 is 4.92 Å². The van der Waals surface area contributed by atoms with Gasteiger partial charge < -0.3 is 11.1 Å². The molecule has 0 spiro atoms. The highest BCUT2D eigenvalue weighted by atomic mass is 16.6. The Kier molecular flexibility index (Phi) is 3.95. The quantitative estimate of drug-likeness (QED) is 0.377. The Balaban J connectivity index is 2.13. The first-order valence-corrected chi connectivity index (χ1v) is 5.92. The van der Waals surface area contributed by atoms with Crippen molar-refractivity contribution < 1.29 is 9.72 Å². The fourth-order valence-electron chi connectivity index (χ4n) is 1.76. The first kappa shape index (κ1) is 13.5. The first-order chi connectivity index (χ1) is 9.60. The number of nitro benzene ring substituents is 1. The molecule has 0 aromatic heterocycles. The van der Waals surface area contributed by atoms with Crippen LogP contribution >= 0.6 is 0 Å². The van der Waals surface area contributed by atoms with E-state index in [1.165, 1.54) is 6.07 Å². The molecule has 0 heterocycles. The molecule has 6 nitrogen and oxygen atoms in total. The van der Waals surface area contributed by atoms with Crippen LogP contribution in [-0.4, -0.2) is 11.2 Å². The van der Waals surface area contributed by atoms with E-state index in [0.717, 1.165) is 11.8 Å². The topological polar surface area (TPSA) is 98.3 Å². The van der Waals surface area contributed by atoms with Crippen LogP contribution in [0.4, 0.5) is 17.1 Å². The van der Waals surface area contributed by atoms with Crippen LogP contribution in [0.2, 0.25) is 0 Å². The Morgan fingerprint density at radius 1 is 1.20 bits per heavy atom. The second-order valence-corrected chi connectivity index (χ2v) is 4.25. The third-order valence-electron chi connectivity index (χ3n) is 2.82. The first-order valence-electron chi connectivity index (χ1n) is 5.92. The van der Waals surface area contributed by atoms with E-state index >= 15 is 0 Å². The molecule has 0 aliphatic rings. The fraction of sp³-hybridized carbons (Fsp3) is 0.0714. The van der Waals surface area contributed by atoms with Crippen molar-refractivity contribution in [1.29, 1.82) is 0 Å². The van der Waals surface area contributed by atoms with E-state index in [4.69, 9.17) is 5.73 Å². The highest BCUT2D eigenvalue weighted by Crippen LogP contribution is 2.26. The van der Waals surface area contributed by atoms with Crippen LogP contribution in [0.3, 0.4) is 0 Å². The minimum Gasteiger partial charge on any atom is -0.399 e. The van der Waals surface area contributed by atoms with Crippen molar-refractivity contribution in [3.05, 3.63) is 63.7 Å². The molecule has 2 aromatic rings. The summed E-state index contributed by atoms with van der Waals surface area (Å²) in [7, 11) is 0. The van der Waals surface area contributed by atoms with E-state index in [1.54, 1.807) is 36.4 Å². The molecular formula is C14H13N3O3. The number of nitrogens with one attached hydrogen (secondary N) is 1. The van der Waals surface area contributed by atoms with Crippen LogP contribution in [0.5, 0.6) is 0 Å². The van der Waals surface area contributed by atoms with Crippen LogP contribution in [0, 0.1) is 10.1 Å². The molecule has 0 saturated carbocycles. The maximum absolute atomic E-state index is 10.9. The molecule has 2 rings (SSSR count). The summed E-state index contributed by atoms with van der Waals surface area (Å²) in [5.41, 5.74) is 7.74. The molecule has 0 saturated heterocycles. The number of carbonyl (C=O) groups excluding carboxylic acids is 1. The third-order valence-corrected chi connectivity index (χ3v) is 2.82. The fourth-order valence-corrected chi connectivity index (χ4v) is 1.76. The van der Waals surface area contributed by atoms with Gasteiger partial charge in [-0.1, -0.05) is 24.3 Å². The molecule has 0 aliphatic heterocycles. The smallest absolute Gasteiger partial charge is 0.294 e. The zero-order valence-electron chi connectivity index (χ0n) is 10.6. The van der Waals surface area contributed by atoms with Crippen molar-refractivity contribution in [2.24, 2.45) is 0 Å². The van der Waals surface area contributed by atoms with Gasteiger partial charge >= 0.3 is 0 Å². The molecule has 3 N–H and O–H groups in total. The van der Waals surface area contributed by atoms with Crippen molar-refractivity contribution in [1.82, 2.24) is 0 Å². The van der Waals surface area contributed by atoms with Crippen molar-refractivity contribution in [2.45, 2.75) is 6.54 Å². The molecule has 0 amide bonds. The van der Waals surface area contributed by atoms with E-state index in [2.05, 4.69) is 5.32 Å². The number of nitrogens with zero attached hydrogens (tertiary/aromatic N) is 1. The van der Waals surface area contributed by atoms with Crippen molar-refractivity contribution in [3.63, 3.8) is 0 Å². The molecule has 0 bridgehead atoms. The number of rotatable bonds is 5. The van der Waals surface area contributed by atoms with Crippen molar-refractivity contribution in [3.8, 4) is 0 Å². The maximum Gasteiger partial charge on any atom is 0.294 e. The summed E-state index contributed by atoms with van der Waals surface area (Å²) in [5.74, 6) is 0. The van der Waals surface area contributed by atoms with Gasteiger partial charge in [0, 0.05) is 23.9 Å². The Labute approximate surface area is 115 Å². The summed E-state index contributed by atoms with van der Waals surface area (Å²) >= 11 is 0. The number of carbonyl (C=O) groups is 1. The zero-order chi connectivity index (χ0) is 14.5. The van der Waals surface area contributed by atoms with Gasteiger partial charge in [-0.3, -0.25) is 14.9 Å². The lowest BCUT2D eigenvalue weighted by Crippen LogP contribution is -2.03. The van der Waals surface area contributed by atoms with Gasteiger partial charge in [0.05, 0.1) is 4.92 Å². The third kappa shape index (κ3) is 3.11. The summed E-state index contributed by atoms with van der Waals surface area (Å²) < 4.78 is 0. The molecule has 0 unspecified atom stereocenters. The Hall–Kier alpha value is -2.89. The number of nitrogen functional groups attached to an aromatic ring is 1. The molecule has 0 atom stereocenters. The summed E-state index contributed by atoms with van der Waals surface area (Å²) in [6.07, 6.45) is 0.766. The van der Waals surface area contributed by atoms with Gasteiger partial charge in [-0.2, -0.15) is 0 Å². The molecule has 20 heavy (non-hydrogen) atoms. The lowest BCUT2D eigenvalue weighted by Gasteiger charge is -2.08. The average Bonchev–Trinajstić information content (AvgIpc) is 2.46. The molecular weight excluding hydrogens is 258 g/mol. The monoisotopic (exact) mass is 271 g/mol. The highest BCUT2D eigenvalue weighted by Gasteiger charge is 2.13. The number of benzene rings is 2. The van der Waals surface area contributed by atoms with Gasteiger partial charge in [0.2, 0.25) is 0 Å². The molecule has 102 valence electrons. The molecule has 0 radical (unpaired) electrons. The lowest BCUT2D eigenvalue weighted by molar-refractivity contribution is -0.383. The van der Waals surface area contributed by atoms with Crippen LogP contribution < -0.4 is 11.1 Å². The highest BCUT2D eigenvalue weighted by molar-refractivity contribution is 5.74. The number of aldehydes is 1. The standard InChI is InChI=1S/C14H13N3O3/c15-12-5-6-13(14(7-12)17(19)20)16-8-10-1-3-11(9-18)4-2-10/h1-7,9,16H,8,15H2. The number of hydrogen-bond donors (Lipinski definition) is 2. The van der Waals surface area contributed by atoms with Crippen molar-refractivity contribution in [2.75, 3.05) is 11.1 Å². The van der Waals surface area contributed by atoms with Crippen LogP contribution in [-0.2, 0) is 6.54 Å². The van der Waals surface area contributed by atoms with Gasteiger partial charge in [0.15, 0.2) is 0 Å². The van der Waals surface area contributed by atoms with Gasteiger partial charge in [-0.15, -0.1) is 0 Å². The van der Waals surface area contributed by atoms with E-state index in [1.807, 2.05) is 0 Å². The minimum atomic E-state index is -0.478. The normalized spacial score (nSPS) is 10.0. The minimum absolute atomic E-state index is 0.0606.